The third-order valence-corrected chi connectivity index (χ3v) is 6.87. The molecule has 0 aliphatic carbocycles. The first kappa shape index (κ1) is 45.9. The van der Waals surface area contributed by atoms with Gasteiger partial charge in [-0.05, 0) is 66.4 Å². The molecule has 1 amide bonds. The Morgan fingerprint density at radius 2 is 1.41 bits per heavy atom. The summed E-state index contributed by atoms with van der Waals surface area (Å²) in [4.78, 5) is 34.6. The minimum atomic E-state index is -1.28. The van der Waals surface area contributed by atoms with Gasteiger partial charge in [0.05, 0.1) is 33.2 Å². The molecule has 1 N–H and O–H groups in total. The average Bonchev–Trinajstić information content (AvgIpc) is 2.77. The fraction of sp³-hybridized carbons (Fsp3) is 0.429. The molecule has 2 rings (SSSR count). The summed E-state index contributed by atoms with van der Waals surface area (Å²) in [6.45, 7) is 10.4. The van der Waals surface area contributed by atoms with Gasteiger partial charge in [-0.15, -0.1) is 0 Å². The Kier molecular flexibility index (Phi) is 25.3. The molecule has 0 fully saturated rings. The van der Waals surface area contributed by atoms with Crippen molar-refractivity contribution in [2.24, 2.45) is 0 Å². The van der Waals surface area contributed by atoms with Crippen molar-refractivity contribution >= 4 is 34.5 Å². The number of carbonyl (C=O) groups excluding carboxylic acids is 3. The van der Waals surface area contributed by atoms with Gasteiger partial charge in [0.1, 0.15) is 11.6 Å². The molecule has 41 heavy (non-hydrogen) atoms. The molecule has 0 saturated heterocycles. The number of hydrogen-bond donors (Lipinski definition) is 1. The molecule has 5 radical (unpaired) electrons. The summed E-state index contributed by atoms with van der Waals surface area (Å²) in [5.41, 5.74) is 2.60. The SMILES string of the molecule is COC(=O)C(CNC(=O)OCC[Si](C)(C)C)c1cc(C)cc(F)c1.COC(=O)Cc1cc(C)cc(F)c1.[B].[CH3-].[V].[V]. The van der Waals surface area contributed by atoms with E-state index in [0.717, 1.165) is 11.6 Å². The van der Waals surface area contributed by atoms with Gasteiger partial charge in [0.15, 0.2) is 0 Å². The number of esters is 2. The summed E-state index contributed by atoms with van der Waals surface area (Å²) in [6, 6.07) is 9.72. The number of ether oxygens (including phenoxy) is 3. The minimum absolute atomic E-state index is 0. The van der Waals surface area contributed by atoms with Gasteiger partial charge < -0.3 is 27.0 Å². The number of alkyl carbamates (subject to hydrolysis) is 1. The number of rotatable bonds is 9. The van der Waals surface area contributed by atoms with E-state index in [-0.39, 0.29) is 77.7 Å². The summed E-state index contributed by atoms with van der Waals surface area (Å²) in [7, 11) is 1.29. The van der Waals surface area contributed by atoms with Gasteiger partial charge in [-0.3, -0.25) is 9.59 Å². The summed E-state index contributed by atoms with van der Waals surface area (Å²) >= 11 is 0. The second kappa shape index (κ2) is 22.5. The van der Waals surface area contributed by atoms with E-state index in [9.17, 15) is 23.2 Å². The molecule has 1 unspecified atom stereocenters. The van der Waals surface area contributed by atoms with Crippen molar-refractivity contribution in [2.45, 2.75) is 51.9 Å². The van der Waals surface area contributed by atoms with Crippen molar-refractivity contribution in [1.29, 1.82) is 0 Å². The molecule has 13 heteroatoms. The van der Waals surface area contributed by atoms with E-state index in [1.165, 1.54) is 38.5 Å². The van der Waals surface area contributed by atoms with Crippen molar-refractivity contribution in [2.75, 3.05) is 27.4 Å². The molecule has 0 spiro atoms. The predicted molar refractivity (Wildman–Crippen MR) is 152 cm³/mol. The number of nitrogens with one attached hydrogen (secondary N) is 1. The molecule has 0 aliphatic heterocycles. The topological polar surface area (TPSA) is 90.9 Å². The zero-order valence-electron chi connectivity index (χ0n) is 25.0. The van der Waals surface area contributed by atoms with Gasteiger partial charge in [-0.25, -0.2) is 13.6 Å². The van der Waals surface area contributed by atoms with E-state index < -0.39 is 31.9 Å². The van der Waals surface area contributed by atoms with E-state index in [0.29, 0.717) is 23.3 Å². The van der Waals surface area contributed by atoms with Crippen LogP contribution in [0.2, 0.25) is 25.7 Å². The molecular formula is C28H40BF2NO6SiV2-. The Morgan fingerprint density at radius 1 is 0.878 bits per heavy atom. The van der Waals surface area contributed by atoms with Gasteiger partial charge in [-0.1, -0.05) is 31.8 Å². The molecule has 0 bridgehead atoms. The van der Waals surface area contributed by atoms with Gasteiger partial charge in [0.2, 0.25) is 0 Å². The first-order chi connectivity index (χ1) is 17.2. The largest absolute Gasteiger partial charge is 0.469 e. The number of methoxy groups -OCH3 is 2. The summed E-state index contributed by atoms with van der Waals surface area (Å²) in [5, 5.41) is 2.55. The number of aryl methyl sites for hydroxylation is 2. The van der Waals surface area contributed by atoms with Crippen LogP contribution in [-0.4, -0.2) is 61.9 Å². The van der Waals surface area contributed by atoms with E-state index in [1.54, 1.807) is 26.0 Å². The first-order valence-corrected chi connectivity index (χ1v) is 15.5. The van der Waals surface area contributed by atoms with Crippen LogP contribution in [0, 0.1) is 32.9 Å². The second-order valence-electron chi connectivity index (χ2n) is 9.85. The summed E-state index contributed by atoms with van der Waals surface area (Å²) in [5.74, 6) is -2.43. The molecule has 0 saturated carbocycles. The number of hydrogen-bond acceptors (Lipinski definition) is 6. The van der Waals surface area contributed by atoms with Crippen LogP contribution in [-0.2, 0) is 67.3 Å². The molecule has 0 aromatic heterocycles. The molecule has 2 aromatic carbocycles. The quantitative estimate of drug-likeness (QED) is 0.168. The first-order valence-electron chi connectivity index (χ1n) is 11.8. The Balaban J connectivity index is -0.000000347. The zero-order valence-corrected chi connectivity index (χ0v) is 28.8. The van der Waals surface area contributed by atoms with E-state index >= 15 is 0 Å². The molecule has 0 aliphatic rings. The maximum atomic E-state index is 13.6. The van der Waals surface area contributed by atoms with Gasteiger partial charge >= 0.3 is 18.0 Å². The maximum absolute atomic E-state index is 13.6. The Labute approximate surface area is 270 Å². The van der Waals surface area contributed by atoms with Crippen molar-refractivity contribution in [3.63, 3.8) is 0 Å². The maximum Gasteiger partial charge on any atom is 0.407 e. The van der Waals surface area contributed by atoms with Crippen LogP contribution in [0.25, 0.3) is 0 Å². The number of benzene rings is 2. The Morgan fingerprint density at radius 3 is 1.88 bits per heavy atom. The molecular weight excluding hydrogens is 625 g/mol. The molecule has 0 heterocycles. The van der Waals surface area contributed by atoms with Crippen LogP contribution in [0.15, 0.2) is 36.4 Å². The van der Waals surface area contributed by atoms with Crippen LogP contribution < -0.4 is 5.32 Å². The van der Waals surface area contributed by atoms with Crippen LogP contribution in [0.5, 0.6) is 0 Å². The van der Waals surface area contributed by atoms with Crippen LogP contribution in [0.1, 0.15) is 28.2 Å². The third kappa shape index (κ3) is 19.7. The Hall–Kier alpha value is -2.04. The Bertz CT molecular complexity index is 1050. The van der Waals surface area contributed by atoms with Crippen molar-refractivity contribution < 1.29 is 74.5 Å². The van der Waals surface area contributed by atoms with Crippen molar-refractivity contribution in [3.05, 3.63) is 77.7 Å². The fourth-order valence-electron chi connectivity index (χ4n) is 3.28. The van der Waals surface area contributed by atoms with Crippen LogP contribution in [0.3, 0.4) is 0 Å². The third-order valence-electron chi connectivity index (χ3n) is 5.17. The van der Waals surface area contributed by atoms with Crippen LogP contribution in [0.4, 0.5) is 13.6 Å². The average molecular weight is 665 g/mol. The fourth-order valence-corrected chi connectivity index (χ4v) is 4.00. The van der Waals surface area contributed by atoms with Crippen molar-refractivity contribution in [1.82, 2.24) is 5.32 Å². The minimum Gasteiger partial charge on any atom is -0.469 e. The monoisotopic (exact) mass is 665 g/mol. The van der Waals surface area contributed by atoms with E-state index in [4.69, 9.17) is 9.47 Å². The number of carbonyl (C=O) groups is 3. The number of halogens is 2. The van der Waals surface area contributed by atoms with E-state index in [2.05, 4.69) is 29.7 Å². The van der Waals surface area contributed by atoms with Crippen molar-refractivity contribution in [3.8, 4) is 0 Å². The molecule has 1 atom stereocenters. The normalized spacial score (nSPS) is 10.4. The summed E-state index contributed by atoms with van der Waals surface area (Å²) in [6.07, 6.45) is -0.468. The second-order valence-corrected chi connectivity index (χ2v) is 15.5. The van der Waals surface area contributed by atoms with Gasteiger partial charge in [-0.2, -0.15) is 0 Å². The molecule has 2 aromatic rings. The molecule has 7 nitrogen and oxygen atoms in total. The van der Waals surface area contributed by atoms with Gasteiger partial charge in [0, 0.05) is 60.1 Å². The van der Waals surface area contributed by atoms with Crippen LogP contribution >= 0.6 is 0 Å². The zero-order chi connectivity index (χ0) is 28.2. The molecule has 225 valence electrons. The predicted octanol–water partition coefficient (Wildman–Crippen LogP) is 5.37. The number of amides is 1. The standard InChI is InChI=1S/C17H26FNO4Si.C10H11FO2.CH3.B.2V/c1-12-8-13(10-14(18)9-12)15(16(20)22-2)11-19-17(21)23-6-7-24(3,4)5;1-7-3-8(5-9(11)4-7)6-10(12)13-2;;;;/h8-10,15H,6-7,11H2,1-5H3,(H,19,21);3-5H,6H2,1-2H3;1H3;;;/q;;-1;;;. The van der Waals surface area contributed by atoms with E-state index in [1.807, 2.05) is 0 Å². The summed E-state index contributed by atoms with van der Waals surface area (Å²) < 4.78 is 40.8. The van der Waals surface area contributed by atoms with Gasteiger partial charge in [0.25, 0.3) is 0 Å². The smallest absolute Gasteiger partial charge is 0.407 e.